The Morgan fingerprint density at radius 3 is 2.38 bits per heavy atom. The van der Waals surface area contributed by atoms with E-state index in [2.05, 4.69) is 49.3 Å². The minimum Gasteiger partial charge on any atom is -0.317 e. The van der Waals surface area contributed by atoms with E-state index in [0.717, 1.165) is 42.5 Å². The molecular weight excluding hydrogens is 341 g/mol. The first-order chi connectivity index (χ1) is 10.9. The van der Waals surface area contributed by atoms with E-state index in [9.17, 15) is 0 Å². The van der Waals surface area contributed by atoms with Crippen molar-refractivity contribution in [2.45, 2.75) is 44.4 Å². The van der Waals surface area contributed by atoms with Gasteiger partial charge in [0, 0.05) is 22.0 Å². The summed E-state index contributed by atoms with van der Waals surface area (Å²) >= 11 is 6.56. The van der Waals surface area contributed by atoms with Gasteiger partial charge < -0.3 is 5.32 Å². The number of hydrogen-bond acceptors (Lipinski definition) is 3. The van der Waals surface area contributed by atoms with Gasteiger partial charge in [0.05, 0.1) is 5.69 Å². The highest BCUT2D eigenvalue weighted by Crippen LogP contribution is 2.42. The van der Waals surface area contributed by atoms with E-state index in [1.165, 1.54) is 5.56 Å². The first-order valence-electron chi connectivity index (χ1n) is 8.23. The van der Waals surface area contributed by atoms with E-state index < -0.39 is 0 Å². The summed E-state index contributed by atoms with van der Waals surface area (Å²) in [6.45, 7) is 8.39. The molecule has 1 saturated heterocycles. The molecule has 0 amide bonds. The van der Waals surface area contributed by atoms with Gasteiger partial charge in [0.15, 0.2) is 0 Å². The fourth-order valence-corrected chi connectivity index (χ4v) is 3.67. The van der Waals surface area contributed by atoms with Crippen LogP contribution in [0.1, 0.15) is 50.7 Å². The summed E-state index contributed by atoms with van der Waals surface area (Å²) in [7, 11) is 0. The van der Waals surface area contributed by atoms with Crippen molar-refractivity contribution in [3.8, 4) is 0 Å². The van der Waals surface area contributed by atoms with E-state index in [1.807, 2.05) is 18.3 Å². The van der Waals surface area contributed by atoms with Gasteiger partial charge in [-0.05, 0) is 43.6 Å². The Labute approximate surface area is 155 Å². The fraction of sp³-hybridized carbons (Fsp3) is 0.474. The molecular formula is C19H25Cl2N3. The lowest BCUT2D eigenvalue weighted by molar-refractivity contribution is 0.351. The van der Waals surface area contributed by atoms with Crippen LogP contribution in [0.4, 0.5) is 0 Å². The van der Waals surface area contributed by atoms with Gasteiger partial charge in [0.25, 0.3) is 0 Å². The maximum atomic E-state index is 6.56. The van der Waals surface area contributed by atoms with Crippen molar-refractivity contribution < 1.29 is 0 Å². The minimum absolute atomic E-state index is 0. The zero-order valence-corrected chi connectivity index (χ0v) is 16.0. The summed E-state index contributed by atoms with van der Waals surface area (Å²) in [5.74, 6) is 0.889. The third-order valence-corrected chi connectivity index (χ3v) is 4.99. The van der Waals surface area contributed by atoms with E-state index in [4.69, 9.17) is 16.6 Å². The summed E-state index contributed by atoms with van der Waals surface area (Å²) in [6.07, 6.45) is 3.89. The molecule has 3 nitrogen and oxygen atoms in total. The lowest BCUT2D eigenvalue weighted by atomic mass is 9.70. The molecule has 1 aromatic carbocycles. The van der Waals surface area contributed by atoms with Gasteiger partial charge in [0.1, 0.15) is 5.82 Å². The Kier molecular flexibility index (Phi) is 5.90. The van der Waals surface area contributed by atoms with E-state index in [1.54, 1.807) is 0 Å². The molecule has 0 spiro atoms. The van der Waals surface area contributed by atoms with Crippen LogP contribution in [0, 0.1) is 0 Å². The number of halogens is 2. The zero-order chi connectivity index (χ0) is 16.5. The Bertz CT molecular complexity index is 689. The minimum atomic E-state index is -0.132. The molecule has 0 atom stereocenters. The molecule has 2 heterocycles. The van der Waals surface area contributed by atoms with Gasteiger partial charge in [-0.2, -0.15) is 0 Å². The molecule has 130 valence electrons. The average Bonchev–Trinajstić information content (AvgIpc) is 2.55. The summed E-state index contributed by atoms with van der Waals surface area (Å²) in [4.78, 5) is 9.45. The van der Waals surface area contributed by atoms with Crippen molar-refractivity contribution in [3.63, 3.8) is 0 Å². The van der Waals surface area contributed by atoms with Crippen LogP contribution in [0.5, 0.6) is 0 Å². The molecule has 1 fully saturated rings. The van der Waals surface area contributed by atoms with Gasteiger partial charge in [0.2, 0.25) is 0 Å². The molecule has 1 aliphatic heterocycles. The topological polar surface area (TPSA) is 37.8 Å². The second-order valence-corrected chi connectivity index (χ2v) is 7.73. The molecule has 2 aromatic rings. The summed E-state index contributed by atoms with van der Waals surface area (Å²) in [5.41, 5.74) is 2.07. The van der Waals surface area contributed by atoms with Crippen LogP contribution in [-0.4, -0.2) is 23.1 Å². The van der Waals surface area contributed by atoms with Crippen LogP contribution in [0.25, 0.3) is 0 Å². The highest BCUT2D eigenvalue weighted by molar-refractivity contribution is 6.31. The Morgan fingerprint density at radius 1 is 1.08 bits per heavy atom. The smallest absolute Gasteiger partial charge is 0.133 e. The molecule has 1 N–H and O–H groups in total. The van der Waals surface area contributed by atoms with Gasteiger partial charge in [-0.1, -0.05) is 50.6 Å². The molecule has 0 bridgehead atoms. The maximum absolute atomic E-state index is 6.56. The fourth-order valence-electron chi connectivity index (χ4n) is 3.35. The standard InChI is InChI=1S/C19H24ClN3.ClH/c1-18(2,3)17-22-11-8-16(23-17)19(9-12-21-13-10-19)14-6-4-5-7-15(14)20;/h4-8,11,21H,9-10,12-13H2,1-3H3;1H. The Morgan fingerprint density at radius 2 is 1.75 bits per heavy atom. The largest absolute Gasteiger partial charge is 0.317 e. The molecule has 0 unspecified atom stereocenters. The summed E-state index contributed by atoms with van der Waals surface area (Å²) in [5, 5.41) is 4.28. The number of piperidine rings is 1. The number of aromatic nitrogens is 2. The first-order valence-corrected chi connectivity index (χ1v) is 8.61. The third kappa shape index (κ3) is 3.58. The lowest BCUT2D eigenvalue weighted by Gasteiger charge is -2.38. The normalized spacial score (nSPS) is 17.2. The summed E-state index contributed by atoms with van der Waals surface area (Å²) < 4.78 is 0. The van der Waals surface area contributed by atoms with Gasteiger partial charge in [-0.3, -0.25) is 0 Å². The van der Waals surface area contributed by atoms with Crippen molar-refractivity contribution in [1.29, 1.82) is 0 Å². The third-order valence-electron chi connectivity index (χ3n) is 4.66. The monoisotopic (exact) mass is 365 g/mol. The van der Waals surface area contributed by atoms with Crippen molar-refractivity contribution in [2.75, 3.05) is 13.1 Å². The molecule has 1 aromatic heterocycles. The number of rotatable bonds is 2. The van der Waals surface area contributed by atoms with Crippen molar-refractivity contribution in [1.82, 2.24) is 15.3 Å². The number of nitrogens with zero attached hydrogens (tertiary/aromatic N) is 2. The van der Waals surface area contributed by atoms with E-state index in [-0.39, 0.29) is 23.2 Å². The SMILES string of the molecule is CC(C)(C)c1nccc(C2(c3ccccc3Cl)CCNCC2)n1.Cl. The quantitative estimate of drug-likeness (QED) is 0.849. The first kappa shape index (κ1) is 19.2. The number of benzene rings is 1. The molecule has 3 rings (SSSR count). The molecule has 0 saturated carbocycles. The highest BCUT2D eigenvalue weighted by atomic mass is 35.5. The molecule has 5 heteroatoms. The molecule has 1 aliphatic rings. The lowest BCUT2D eigenvalue weighted by Crippen LogP contribution is -2.42. The number of nitrogens with one attached hydrogen (secondary N) is 1. The maximum Gasteiger partial charge on any atom is 0.133 e. The van der Waals surface area contributed by atoms with Crippen molar-refractivity contribution >= 4 is 24.0 Å². The van der Waals surface area contributed by atoms with Crippen LogP contribution < -0.4 is 5.32 Å². The second kappa shape index (κ2) is 7.38. The summed E-state index contributed by atoms with van der Waals surface area (Å²) in [6, 6.07) is 10.2. The Balaban J connectivity index is 0.00000208. The van der Waals surface area contributed by atoms with Crippen LogP contribution in [0.15, 0.2) is 36.5 Å². The van der Waals surface area contributed by atoms with Gasteiger partial charge in [-0.15, -0.1) is 12.4 Å². The van der Waals surface area contributed by atoms with Crippen LogP contribution >= 0.6 is 24.0 Å². The molecule has 24 heavy (non-hydrogen) atoms. The van der Waals surface area contributed by atoms with Gasteiger partial charge >= 0.3 is 0 Å². The highest BCUT2D eigenvalue weighted by Gasteiger charge is 2.39. The van der Waals surface area contributed by atoms with Crippen LogP contribution in [0.2, 0.25) is 5.02 Å². The van der Waals surface area contributed by atoms with Gasteiger partial charge in [-0.25, -0.2) is 9.97 Å². The average molecular weight is 366 g/mol. The predicted molar refractivity (Wildman–Crippen MR) is 102 cm³/mol. The Hall–Kier alpha value is -1.16. The predicted octanol–water partition coefficient (Wildman–Crippen LogP) is 4.52. The number of hydrogen-bond donors (Lipinski definition) is 1. The van der Waals surface area contributed by atoms with E-state index in [0.29, 0.717) is 0 Å². The van der Waals surface area contributed by atoms with Crippen molar-refractivity contribution in [2.24, 2.45) is 0 Å². The second-order valence-electron chi connectivity index (χ2n) is 7.33. The van der Waals surface area contributed by atoms with Crippen LogP contribution in [-0.2, 0) is 10.8 Å². The van der Waals surface area contributed by atoms with Crippen LogP contribution in [0.3, 0.4) is 0 Å². The molecule has 0 radical (unpaired) electrons. The zero-order valence-electron chi connectivity index (χ0n) is 14.5. The van der Waals surface area contributed by atoms with E-state index >= 15 is 0 Å². The van der Waals surface area contributed by atoms with Crippen molar-refractivity contribution in [3.05, 3.63) is 58.6 Å². The molecule has 0 aliphatic carbocycles.